The van der Waals surface area contributed by atoms with E-state index in [-0.39, 0.29) is 23.1 Å². The molecule has 3 heterocycles. The number of anilines is 2. The molecule has 11 heteroatoms. The van der Waals surface area contributed by atoms with Gasteiger partial charge in [0.15, 0.2) is 0 Å². The molecule has 3 aliphatic heterocycles. The Morgan fingerprint density at radius 2 is 1.67 bits per heavy atom. The number of hydrogen-bond donors (Lipinski definition) is 1. The molecule has 3 atom stereocenters. The molecule has 8 nitrogen and oxygen atoms in total. The lowest BCUT2D eigenvalue weighted by molar-refractivity contribution is -0.388. The van der Waals surface area contributed by atoms with Gasteiger partial charge in [-0.3, -0.25) is 14.9 Å². The predicted molar refractivity (Wildman–Crippen MR) is 157 cm³/mol. The van der Waals surface area contributed by atoms with Crippen LogP contribution in [-0.4, -0.2) is 72.5 Å². The average Bonchev–Trinajstić information content (AvgIpc) is 3.63. The van der Waals surface area contributed by atoms with Gasteiger partial charge in [0, 0.05) is 69.2 Å². The number of rotatable bonds is 8. The van der Waals surface area contributed by atoms with E-state index in [4.69, 9.17) is 0 Å². The number of halogens is 3. The minimum Gasteiger partial charge on any atom is -0.380 e. The van der Waals surface area contributed by atoms with E-state index in [1.165, 1.54) is 17.3 Å². The number of nitro benzene ring substituents is 1. The first-order valence-electron chi connectivity index (χ1n) is 14.8. The molecule has 0 radical (unpaired) electrons. The molecule has 3 aliphatic rings. The van der Waals surface area contributed by atoms with Crippen LogP contribution in [0.3, 0.4) is 0 Å². The number of hydrogen-bond acceptors (Lipinski definition) is 6. The zero-order valence-corrected chi connectivity index (χ0v) is 24.5. The first kappa shape index (κ1) is 30.1. The van der Waals surface area contributed by atoms with Crippen molar-refractivity contribution < 1.29 is 22.9 Å². The Bertz CT molecular complexity index is 1280. The molecular weight excluding hydrogens is 547 g/mol. The van der Waals surface area contributed by atoms with Gasteiger partial charge in [-0.15, -0.1) is 0 Å². The van der Waals surface area contributed by atoms with E-state index in [0.717, 1.165) is 51.3 Å². The van der Waals surface area contributed by atoms with Crippen LogP contribution in [0.1, 0.15) is 51.2 Å². The minimum atomic E-state index is -4.83. The third-order valence-corrected chi connectivity index (χ3v) is 8.94. The lowest BCUT2D eigenvalue weighted by Crippen LogP contribution is -2.33. The van der Waals surface area contributed by atoms with Crippen molar-refractivity contribution in [3.8, 4) is 0 Å². The molecule has 0 aliphatic carbocycles. The van der Waals surface area contributed by atoms with Gasteiger partial charge in [0.25, 0.3) is 5.69 Å². The zero-order chi connectivity index (χ0) is 30.2. The zero-order valence-electron chi connectivity index (χ0n) is 24.5. The summed E-state index contributed by atoms with van der Waals surface area (Å²) in [6.07, 6.45) is -3.00. The number of nitrogens with one attached hydrogen (secondary N) is 1. The van der Waals surface area contributed by atoms with Gasteiger partial charge in [-0.2, -0.15) is 13.2 Å². The Hall–Kier alpha value is -3.34. The molecule has 1 amide bonds. The number of nitro groups is 1. The molecule has 0 saturated carbocycles. The van der Waals surface area contributed by atoms with Crippen molar-refractivity contribution in [2.45, 2.75) is 57.7 Å². The van der Waals surface area contributed by atoms with Gasteiger partial charge < -0.3 is 20.0 Å². The Morgan fingerprint density at radius 3 is 2.26 bits per heavy atom. The summed E-state index contributed by atoms with van der Waals surface area (Å²) in [4.78, 5) is 29.6. The van der Waals surface area contributed by atoms with Crippen LogP contribution in [0.25, 0.3) is 0 Å². The molecule has 2 aromatic rings. The first-order valence-corrected chi connectivity index (χ1v) is 14.8. The van der Waals surface area contributed by atoms with Crippen LogP contribution in [-0.2, 0) is 16.4 Å². The molecule has 0 aromatic heterocycles. The van der Waals surface area contributed by atoms with Crippen molar-refractivity contribution in [2.75, 3.05) is 56.0 Å². The van der Waals surface area contributed by atoms with Crippen molar-refractivity contribution in [3.63, 3.8) is 0 Å². The molecule has 0 bridgehead atoms. The van der Waals surface area contributed by atoms with Gasteiger partial charge in [-0.1, -0.05) is 32.9 Å². The standard InChI is InChI=1S/C31H40F3N5O3/c1-30(2,3)23-6-9-26(10-7-23)38-18-21-16-36(17-22(21)19-38)13-4-5-29(40)37-14-12-25(20-37)35-24-8-11-28(39(41)42)27(15-24)31(32,33)34/h6-11,15,21-22,25,35H,4-5,12-14,16-20H2,1-3H3/t21?,22?,25-/m1/s1. The molecule has 42 heavy (non-hydrogen) atoms. The molecule has 2 aromatic carbocycles. The van der Waals surface area contributed by atoms with Gasteiger partial charge in [0.05, 0.1) is 4.92 Å². The molecule has 2 unspecified atom stereocenters. The van der Waals surface area contributed by atoms with Gasteiger partial charge >= 0.3 is 6.18 Å². The molecule has 228 valence electrons. The number of carbonyl (C=O) groups is 1. The summed E-state index contributed by atoms with van der Waals surface area (Å²) in [7, 11) is 0. The monoisotopic (exact) mass is 587 g/mol. The maximum atomic E-state index is 13.3. The Kier molecular flexibility index (Phi) is 8.42. The fourth-order valence-corrected chi connectivity index (χ4v) is 6.62. The number of amides is 1. The van der Waals surface area contributed by atoms with Crippen LogP contribution in [0.5, 0.6) is 0 Å². The van der Waals surface area contributed by atoms with E-state index in [1.807, 2.05) is 0 Å². The van der Waals surface area contributed by atoms with E-state index in [1.54, 1.807) is 4.90 Å². The highest BCUT2D eigenvalue weighted by Gasteiger charge is 2.40. The highest BCUT2D eigenvalue weighted by molar-refractivity contribution is 5.76. The number of benzene rings is 2. The van der Waals surface area contributed by atoms with Crippen LogP contribution < -0.4 is 10.2 Å². The Morgan fingerprint density at radius 1 is 1.00 bits per heavy atom. The van der Waals surface area contributed by atoms with Crippen molar-refractivity contribution in [2.24, 2.45) is 11.8 Å². The molecule has 3 fully saturated rings. The number of fused-ring (bicyclic) bond motifs is 1. The number of likely N-dealkylation sites (tertiary alicyclic amines) is 2. The molecule has 5 rings (SSSR count). The van der Waals surface area contributed by atoms with Gasteiger partial charge in [0.1, 0.15) is 5.56 Å². The van der Waals surface area contributed by atoms with Crippen molar-refractivity contribution >= 4 is 23.0 Å². The summed E-state index contributed by atoms with van der Waals surface area (Å²) in [6, 6.07) is 11.7. The van der Waals surface area contributed by atoms with E-state index < -0.39 is 22.4 Å². The second-order valence-electron chi connectivity index (χ2n) is 13.0. The summed E-state index contributed by atoms with van der Waals surface area (Å²) >= 11 is 0. The van der Waals surface area contributed by atoms with Gasteiger partial charge in [-0.25, -0.2) is 0 Å². The molecule has 1 N–H and O–H groups in total. The van der Waals surface area contributed by atoms with E-state index >= 15 is 0 Å². The summed E-state index contributed by atoms with van der Waals surface area (Å²) in [5.41, 5.74) is 0.693. The number of alkyl halides is 3. The van der Waals surface area contributed by atoms with E-state index in [9.17, 15) is 28.1 Å². The lowest BCUT2D eigenvalue weighted by atomic mass is 9.87. The number of nitrogens with zero attached hydrogens (tertiary/aromatic N) is 4. The van der Waals surface area contributed by atoms with Gasteiger partial charge in [-0.05, 0) is 66.5 Å². The highest BCUT2D eigenvalue weighted by Crippen LogP contribution is 2.38. The fourth-order valence-electron chi connectivity index (χ4n) is 6.62. The summed E-state index contributed by atoms with van der Waals surface area (Å²) in [5, 5.41) is 14.0. The SMILES string of the molecule is CC(C)(C)c1ccc(N2CC3CN(CCCC(=O)N4CC[C@@H](Nc5ccc([N+](=O)[O-])c(C(F)(F)F)c5)C4)CC3C2)cc1. The maximum absolute atomic E-state index is 13.3. The summed E-state index contributed by atoms with van der Waals surface area (Å²) in [5.74, 6) is 1.35. The van der Waals surface area contributed by atoms with E-state index in [2.05, 4.69) is 60.2 Å². The topological polar surface area (TPSA) is 82.0 Å². The van der Waals surface area contributed by atoms with Crippen molar-refractivity contribution in [1.82, 2.24) is 9.80 Å². The molecular formula is C31H40F3N5O3. The second-order valence-corrected chi connectivity index (χ2v) is 13.0. The normalized spacial score (nSPS) is 23.0. The van der Waals surface area contributed by atoms with Crippen LogP contribution in [0.4, 0.5) is 30.2 Å². The smallest absolute Gasteiger partial charge is 0.380 e. The minimum absolute atomic E-state index is 0.0586. The van der Waals surface area contributed by atoms with Crippen LogP contribution in [0, 0.1) is 22.0 Å². The number of carbonyl (C=O) groups excluding carboxylic acids is 1. The Labute approximate surface area is 245 Å². The van der Waals surface area contributed by atoms with Gasteiger partial charge in [0.2, 0.25) is 5.91 Å². The first-order chi connectivity index (χ1) is 19.8. The van der Waals surface area contributed by atoms with Crippen LogP contribution in [0.15, 0.2) is 42.5 Å². The highest BCUT2D eigenvalue weighted by atomic mass is 19.4. The second kappa shape index (κ2) is 11.7. The third kappa shape index (κ3) is 6.82. The summed E-state index contributed by atoms with van der Waals surface area (Å²) in [6.45, 7) is 12.8. The predicted octanol–water partition coefficient (Wildman–Crippen LogP) is 5.77. The summed E-state index contributed by atoms with van der Waals surface area (Å²) < 4.78 is 39.9. The molecule has 3 saturated heterocycles. The van der Waals surface area contributed by atoms with Crippen molar-refractivity contribution in [1.29, 1.82) is 0 Å². The molecule has 0 spiro atoms. The Balaban J connectivity index is 1.04. The lowest BCUT2D eigenvalue weighted by Gasteiger charge is -2.25. The average molecular weight is 588 g/mol. The third-order valence-electron chi connectivity index (χ3n) is 8.94. The van der Waals surface area contributed by atoms with Crippen LogP contribution >= 0.6 is 0 Å². The largest absolute Gasteiger partial charge is 0.423 e. The maximum Gasteiger partial charge on any atom is 0.423 e. The van der Waals surface area contributed by atoms with Crippen molar-refractivity contribution in [3.05, 3.63) is 63.7 Å². The fraction of sp³-hybridized carbons (Fsp3) is 0.581. The van der Waals surface area contributed by atoms with Crippen LogP contribution in [0.2, 0.25) is 0 Å². The quantitative estimate of drug-likeness (QED) is 0.312. The van der Waals surface area contributed by atoms with E-state index in [0.29, 0.717) is 37.8 Å².